The molecule has 0 N–H and O–H groups in total. The molecule has 5 rings (SSSR count). The van der Waals surface area contributed by atoms with Gasteiger partial charge in [-0.15, -0.1) is 0 Å². The van der Waals surface area contributed by atoms with Gasteiger partial charge in [-0.3, -0.25) is 4.98 Å². The minimum absolute atomic E-state index is 0.550. The summed E-state index contributed by atoms with van der Waals surface area (Å²) in [6, 6.07) is 38.4. The van der Waals surface area contributed by atoms with Gasteiger partial charge in [0, 0.05) is 11.9 Å². The molecule has 0 amide bonds. The van der Waals surface area contributed by atoms with E-state index in [2.05, 4.69) is 127 Å². The molecule has 0 fully saturated rings. The molecule has 0 saturated heterocycles. The van der Waals surface area contributed by atoms with Crippen LogP contribution < -0.4 is 15.6 Å². The van der Waals surface area contributed by atoms with E-state index in [0.29, 0.717) is 0 Å². The van der Waals surface area contributed by atoms with Gasteiger partial charge in [-0.05, 0) is 65.3 Å². The normalized spacial score (nSPS) is 11.4. The van der Waals surface area contributed by atoms with E-state index in [9.17, 15) is 0 Å². The van der Waals surface area contributed by atoms with Gasteiger partial charge in [-0.1, -0.05) is 97.1 Å². The lowest BCUT2D eigenvalue weighted by atomic mass is 10.1. The summed E-state index contributed by atoms with van der Waals surface area (Å²) in [6.07, 6.45) is 1.87. The van der Waals surface area contributed by atoms with E-state index in [4.69, 9.17) is 8.46 Å². The first-order valence-corrected chi connectivity index (χ1v) is 14.8. The molecule has 3 nitrogen and oxygen atoms in total. The number of rotatable bonds is 7. The van der Waals surface area contributed by atoms with Crippen LogP contribution in [0.4, 0.5) is 0 Å². The van der Waals surface area contributed by atoms with Crippen molar-refractivity contribution in [2.75, 3.05) is 0 Å². The fourth-order valence-corrected chi connectivity index (χ4v) is 11.2. The Labute approximate surface area is 215 Å². The molecule has 171 valence electrons. The van der Waals surface area contributed by atoms with Crippen LogP contribution in [-0.4, -0.2) is 32.6 Å². The molecule has 2 aromatic heterocycles. The van der Waals surface area contributed by atoms with Crippen molar-refractivity contribution in [1.82, 2.24) is 8.53 Å². The third kappa shape index (κ3) is 4.33. The Bertz CT molecular complexity index is 1310. The predicted molar refractivity (Wildman–Crippen MR) is 148 cm³/mol. The van der Waals surface area contributed by atoms with E-state index in [1.54, 1.807) is 0 Å². The molecule has 0 unspecified atom stereocenters. The molecule has 0 atom stereocenters. The van der Waals surface area contributed by atoms with Crippen molar-refractivity contribution >= 4 is 39.7 Å². The Kier molecular flexibility index (Phi) is 6.85. The minimum Gasteiger partial charge on any atom is -0.524 e. The van der Waals surface area contributed by atoms with Crippen LogP contribution in [0.1, 0.15) is 16.8 Å². The minimum atomic E-state index is -2.77. The van der Waals surface area contributed by atoms with Gasteiger partial charge in [0.05, 0.1) is 5.69 Å². The molecule has 0 bridgehead atoms. The van der Waals surface area contributed by atoms with Crippen molar-refractivity contribution in [3.8, 4) is 11.4 Å². The van der Waals surface area contributed by atoms with Gasteiger partial charge in [0.15, 0.2) is 0 Å². The van der Waals surface area contributed by atoms with Gasteiger partial charge in [0.2, 0.25) is 0 Å². The van der Waals surface area contributed by atoms with E-state index in [-0.39, 0.29) is 0 Å². The highest BCUT2D eigenvalue weighted by Crippen LogP contribution is 2.29. The van der Waals surface area contributed by atoms with Gasteiger partial charge in [-0.2, -0.15) is 0 Å². The van der Waals surface area contributed by atoms with Crippen LogP contribution >= 0.6 is 0 Å². The van der Waals surface area contributed by atoms with Crippen LogP contribution in [0.3, 0.4) is 0 Å². The smallest absolute Gasteiger partial charge is 0.524 e. The van der Waals surface area contributed by atoms with Crippen molar-refractivity contribution in [3.63, 3.8) is 0 Å². The second-order valence-electron chi connectivity index (χ2n) is 8.77. The van der Waals surface area contributed by atoms with Gasteiger partial charge in [0.25, 0.3) is 8.32 Å². The van der Waals surface area contributed by atoms with E-state index in [1.165, 1.54) is 32.4 Å². The average Bonchev–Trinajstić information content (AvgIpc) is 3.14. The lowest BCUT2D eigenvalue weighted by Crippen LogP contribution is -2.70. The Morgan fingerprint density at radius 2 is 1.11 bits per heavy atom. The van der Waals surface area contributed by atoms with Crippen LogP contribution in [-0.2, 0) is 3.48 Å². The molecular formula is C30H28AlN2OSi. The van der Waals surface area contributed by atoms with Crippen molar-refractivity contribution in [2.24, 2.45) is 0 Å². The van der Waals surface area contributed by atoms with Crippen LogP contribution in [0.25, 0.3) is 11.4 Å². The zero-order valence-corrected chi connectivity index (χ0v) is 22.5. The monoisotopic (exact) mass is 487 g/mol. The maximum Gasteiger partial charge on any atom is 0.604 e. The van der Waals surface area contributed by atoms with Gasteiger partial charge in [0.1, 0.15) is 0 Å². The Morgan fingerprint density at radius 3 is 1.57 bits per heavy atom. The van der Waals surface area contributed by atoms with Gasteiger partial charge < -0.3 is 7.03 Å². The molecule has 35 heavy (non-hydrogen) atoms. The van der Waals surface area contributed by atoms with Gasteiger partial charge >= 0.3 is 15.8 Å². The fourth-order valence-electron chi connectivity index (χ4n) is 4.78. The second kappa shape index (κ2) is 10.2. The highest BCUT2D eigenvalue weighted by Gasteiger charge is 2.41. The molecule has 0 spiro atoms. The van der Waals surface area contributed by atoms with Crippen LogP contribution in [0, 0.1) is 20.8 Å². The van der Waals surface area contributed by atoms with Gasteiger partial charge in [-0.25, -0.2) is 0 Å². The predicted octanol–water partition coefficient (Wildman–Crippen LogP) is 4.54. The number of nitrogens with zero attached hydrogens (tertiary/aromatic N) is 2. The maximum atomic E-state index is 7.34. The summed E-state index contributed by atoms with van der Waals surface area (Å²) in [5.41, 5.74) is 5.96. The van der Waals surface area contributed by atoms with Crippen LogP contribution in [0.5, 0.6) is 0 Å². The van der Waals surface area contributed by atoms with Crippen molar-refractivity contribution in [1.29, 1.82) is 0 Å². The summed E-state index contributed by atoms with van der Waals surface area (Å²) in [7, 11) is -2.77. The third-order valence-corrected chi connectivity index (χ3v) is 13.0. The summed E-state index contributed by atoms with van der Waals surface area (Å²) in [4.78, 5) is 4.69. The maximum absolute atomic E-state index is 7.34. The molecule has 1 radical (unpaired) electrons. The number of hydrogen-bond acceptors (Lipinski definition) is 2. The molecule has 0 aliphatic heterocycles. The standard InChI is InChI=1S/C18H15OSi.C12H13N2.Al/c19-20(16-10-4-1-5-11-16,17-12-6-2-7-13-17)18-14-8-3-9-15-18;1-8-9(2)12(14-10(8)3)11-6-4-5-7-13-11;/h1-15H;4-7H,1-3H3;/q2*-1;+2. The van der Waals surface area contributed by atoms with E-state index in [0.717, 1.165) is 11.4 Å². The molecule has 5 heteroatoms. The largest absolute Gasteiger partial charge is 0.604 e. The first kappa shape index (κ1) is 23.5. The van der Waals surface area contributed by atoms with E-state index < -0.39 is 24.1 Å². The summed E-state index contributed by atoms with van der Waals surface area (Å²) in [6.45, 7) is 6.59. The molecule has 0 aliphatic carbocycles. The Morgan fingerprint density at radius 1 is 0.629 bits per heavy atom. The Balaban J connectivity index is 1.69. The first-order chi connectivity index (χ1) is 17.1. The summed E-state index contributed by atoms with van der Waals surface area (Å²) >= 11 is -0.550. The number of hydrogen-bond donors (Lipinski definition) is 0. The second-order valence-corrected chi connectivity index (χ2v) is 13.5. The first-order valence-electron chi connectivity index (χ1n) is 11.9. The summed E-state index contributed by atoms with van der Waals surface area (Å²) < 4.78 is 9.72. The molecule has 2 heterocycles. The van der Waals surface area contributed by atoms with Crippen molar-refractivity contribution in [2.45, 2.75) is 20.8 Å². The summed E-state index contributed by atoms with van der Waals surface area (Å²) in [5, 5.41) is 3.76. The average molecular weight is 488 g/mol. The third-order valence-electron chi connectivity index (χ3n) is 6.85. The highest BCUT2D eigenvalue weighted by atomic mass is 28.4. The highest BCUT2D eigenvalue weighted by molar-refractivity contribution is 7.08. The quantitative estimate of drug-likeness (QED) is 0.249. The van der Waals surface area contributed by atoms with E-state index in [1.807, 2.05) is 12.3 Å². The Hall–Kier alpha value is -3.20. The van der Waals surface area contributed by atoms with E-state index >= 15 is 0 Å². The molecule has 0 aliphatic rings. The fraction of sp³-hybridized carbons (Fsp3) is 0.100. The van der Waals surface area contributed by atoms with Crippen LogP contribution in [0.2, 0.25) is 0 Å². The summed E-state index contributed by atoms with van der Waals surface area (Å²) in [5.74, 6) is 0. The molecule has 5 aromatic rings. The molecular weight excluding hydrogens is 459 g/mol. The lowest BCUT2D eigenvalue weighted by Gasteiger charge is -2.34. The lowest BCUT2D eigenvalue weighted by molar-refractivity contribution is 0.604. The topological polar surface area (TPSA) is 27.1 Å². The molecule has 3 aromatic carbocycles. The van der Waals surface area contributed by atoms with Crippen molar-refractivity contribution in [3.05, 3.63) is 132 Å². The zero-order chi connectivity index (χ0) is 24.3. The zero-order valence-electron chi connectivity index (χ0n) is 20.3. The van der Waals surface area contributed by atoms with Crippen molar-refractivity contribution < 1.29 is 3.48 Å². The van der Waals surface area contributed by atoms with Crippen LogP contribution in [0.15, 0.2) is 115 Å². The molecule has 0 saturated carbocycles. The number of pyridine rings is 1. The SMILES string of the molecule is Cc1c(C)c(-c2ccccn2)[n]([Al][O][Si](c2ccccc2)(c2ccccc2)c2ccccc2)c1C. The number of benzene rings is 3. The number of aromatic nitrogens is 2.